The van der Waals surface area contributed by atoms with E-state index in [-0.39, 0.29) is 46.9 Å². The van der Waals surface area contributed by atoms with Gasteiger partial charge in [0.2, 0.25) is 11.8 Å². The molecule has 240 valence electrons. The van der Waals surface area contributed by atoms with E-state index in [4.69, 9.17) is 11.6 Å². The number of thioether (sulfide) groups is 1. The van der Waals surface area contributed by atoms with Crippen LogP contribution >= 0.6 is 39.3 Å². The van der Waals surface area contributed by atoms with Gasteiger partial charge in [-0.25, -0.2) is 0 Å². The van der Waals surface area contributed by atoms with Crippen LogP contribution in [0, 0.1) is 17.8 Å². The third-order valence-corrected chi connectivity index (χ3v) is 13.2. The number of halogens is 2. The normalized spacial score (nSPS) is 28.0. The number of benzene rings is 2. The number of aliphatic hydroxyl groups excluding tert-OH is 1. The Bertz CT molecular complexity index is 1440. The summed E-state index contributed by atoms with van der Waals surface area (Å²) in [4.78, 5) is 49.3. The van der Waals surface area contributed by atoms with Crippen LogP contribution in [0.25, 0.3) is 0 Å². The average Bonchev–Trinajstić information content (AvgIpc) is 3.63. The molecule has 3 heterocycles. The first kappa shape index (κ1) is 33.8. The van der Waals surface area contributed by atoms with E-state index in [9.17, 15) is 19.5 Å². The molecule has 3 aliphatic rings. The monoisotopic (exact) mass is 713 g/mol. The molecular weight excluding hydrogens is 674 g/mol. The molecule has 8 atom stereocenters. The number of amides is 3. The number of anilines is 1. The Labute approximate surface area is 283 Å². The molecule has 3 unspecified atom stereocenters. The second kappa shape index (κ2) is 14.0. The summed E-state index contributed by atoms with van der Waals surface area (Å²) in [6.45, 7) is 12.4. The predicted molar refractivity (Wildman–Crippen MR) is 185 cm³/mol. The minimum atomic E-state index is -0.910. The van der Waals surface area contributed by atoms with Crippen molar-refractivity contribution in [1.29, 1.82) is 0 Å². The molecule has 0 aromatic heterocycles. The van der Waals surface area contributed by atoms with E-state index in [1.807, 2.05) is 50.2 Å². The molecule has 0 aliphatic carbocycles. The molecule has 2 aromatic carbocycles. The first-order valence-electron chi connectivity index (χ1n) is 15.5. The van der Waals surface area contributed by atoms with Crippen molar-refractivity contribution in [2.24, 2.45) is 17.8 Å². The van der Waals surface area contributed by atoms with Crippen molar-refractivity contribution in [2.75, 3.05) is 24.6 Å². The molecule has 45 heavy (non-hydrogen) atoms. The van der Waals surface area contributed by atoms with Crippen LogP contribution in [0.2, 0.25) is 5.02 Å². The van der Waals surface area contributed by atoms with Gasteiger partial charge in [-0.2, -0.15) is 0 Å². The van der Waals surface area contributed by atoms with E-state index in [1.165, 1.54) is 0 Å². The quantitative estimate of drug-likeness (QED) is 0.205. The fraction of sp³-hybridized carbons (Fsp3) is 0.457. The number of carbonyl (C=O) groups excluding carboxylic acids is 3. The molecule has 7 nitrogen and oxygen atoms in total. The number of fused-ring (bicyclic) bond motifs is 1. The van der Waals surface area contributed by atoms with Crippen LogP contribution in [-0.4, -0.2) is 79.2 Å². The third kappa shape index (κ3) is 5.90. The molecule has 1 spiro atoms. The Hall–Kier alpha value is -2.59. The summed E-state index contributed by atoms with van der Waals surface area (Å²) in [6.07, 6.45) is 4.60. The van der Waals surface area contributed by atoms with E-state index in [0.717, 1.165) is 5.56 Å². The van der Waals surface area contributed by atoms with E-state index in [2.05, 4.69) is 29.1 Å². The maximum atomic E-state index is 15.0. The highest BCUT2D eigenvalue weighted by Gasteiger charge is 2.76. The van der Waals surface area contributed by atoms with Gasteiger partial charge in [0.1, 0.15) is 6.04 Å². The second-order valence-corrected chi connectivity index (χ2v) is 15.3. The van der Waals surface area contributed by atoms with Crippen LogP contribution in [-0.2, 0) is 20.9 Å². The zero-order valence-electron chi connectivity index (χ0n) is 25.7. The summed E-state index contributed by atoms with van der Waals surface area (Å²) in [6, 6.07) is 15.4. The van der Waals surface area contributed by atoms with Gasteiger partial charge in [0.25, 0.3) is 5.91 Å². The molecule has 3 saturated heterocycles. The molecule has 0 saturated carbocycles. The van der Waals surface area contributed by atoms with Gasteiger partial charge in [-0.3, -0.25) is 14.4 Å². The van der Waals surface area contributed by atoms with Crippen molar-refractivity contribution in [3.63, 3.8) is 0 Å². The van der Waals surface area contributed by atoms with Gasteiger partial charge in [0.15, 0.2) is 0 Å². The van der Waals surface area contributed by atoms with Crippen molar-refractivity contribution < 1.29 is 19.5 Å². The fourth-order valence-electron chi connectivity index (χ4n) is 7.46. The maximum absolute atomic E-state index is 15.0. The van der Waals surface area contributed by atoms with Crippen LogP contribution in [0.1, 0.15) is 32.3 Å². The molecular formula is C35H41BrClN3O4S. The van der Waals surface area contributed by atoms with E-state index in [1.54, 1.807) is 56.8 Å². The standard InChI is InChI=1S/C35H41BrClN3O4S/c1-5-17-38(20-23-13-9-8-10-14-23)32(42)28-29-33(43)40(27(21-41)22(4)7-3)31(35(29)19-24(36)30(28)45-35)34(44)39(18-6-2)26-16-12-11-15-25(26)37/h5-6,8-16,22,24,27-31,41H,1-2,7,17-21H2,3-4H3/t22-,24?,27-,28-,29-,30-,31?,35?/m0/s1. The molecule has 3 amide bonds. The fourth-order valence-corrected chi connectivity index (χ4v) is 11.3. The lowest BCUT2D eigenvalue weighted by molar-refractivity contribution is -0.146. The summed E-state index contributed by atoms with van der Waals surface area (Å²) < 4.78 is -0.874. The summed E-state index contributed by atoms with van der Waals surface area (Å²) in [5.74, 6) is -2.09. The highest BCUT2D eigenvalue weighted by Crippen LogP contribution is 2.68. The lowest BCUT2D eigenvalue weighted by Crippen LogP contribution is -2.59. The summed E-state index contributed by atoms with van der Waals surface area (Å²) in [7, 11) is 0. The molecule has 1 N–H and O–H groups in total. The molecule has 3 fully saturated rings. The summed E-state index contributed by atoms with van der Waals surface area (Å²) in [5, 5.41) is 10.9. The number of rotatable bonds is 13. The molecule has 2 aromatic rings. The average molecular weight is 715 g/mol. The number of likely N-dealkylation sites (tertiary alicyclic amines) is 1. The Morgan fingerprint density at radius 2 is 1.80 bits per heavy atom. The number of hydrogen-bond donors (Lipinski definition) is 1. The number of carbonyl (C=O) groups is 3. The van der Waals surface area contributed by atoms with Gasteiger partial charge >= 0.3 is 0 Å². The van der Waals surface area contributed by atoms with E-state index < -0.39 is 28.7 Å². The lowest BCUT2D eigenvalue weighted by Gasteiger charge is -2.41. The zero-order chi connectivity index (χ0) is 32.5. The van der Waals surface area contributed by atoms with Crippen LogP contribution < -0.4 is 4.90 Å². The highest BCUT2D eigenvalue weighted by atomic mass is 79.9. The summed E-state index contributed by atoms with van der Waals surface area (Å²) in [5.41, 5.74) is 1.51. The number of hydrogen-bond acceptors (Lipinski definition) is 5. The van der Waals surface area contributed by atoms with Crippen LogP contribution in [0.15, 0.2) is 79.9 Å². The number of alkyl halides is 1. The molecule has 3 aliphatic heterocycles. The molecule has 10 heteroatoms. The first-order valence-corrected chi connectivity index (χ1v) is 17.7. The minimum absolute atomic E-state index is 0.0795. The van der Waals surface area contributed by atoms with Crippen molar-refractivity contribution in [1.82, 2.24) is 9.80 Å². The molecule has 2 bridgehead atoms. The van der Waals surface area contributed by atoms with Crippen molar-refractivity contribution >= 4 is 62.7 Å². The number of aliphatic hydroxyl groups is 1. The Kier molecular flexibility index (Phi) is 10.5. The smallest absolute Gasteiger partial charge is 0.251 e. The van der Waals surface area contributed by atoms with Crippen LogP contribution in [0.5, 0.6) is 0 Å². The minimum Gasteiger partial charge on any atom is -0.394 e. The number of nitrogens with zero attached hydrogens (tertiary/aromatic N) is 3. The second-order valence-electron chi connectivity index (χ2n) is 12.2. The van der Waals surface area contributed by atoms with Crippen molar-refractivity contribution in [3.05, 3.63) is 90.5 Å². The Morgan fingerprint density at radius 3 is 2.42 bits per heavy atom. The third-order valence-electron chi connectivity index (χ3n) is 9.69. The van der Waals surface area contributed by atoms with E-state index >= 15 is 0 Å². The number of para-hydroxylation sites is 1. The Balaban J connectivity index is 1.62. The van der Waals surface area contributed by atoms with Gasteiger partial charge in [0, 0.05) is 29.7 Å². The predicted octanol–water partition coefficient (Wildman–Crippen LogP) is 5.95. The van der Waals surface area contributed by atoms with Crippen molar-refractivity contribution in [2.45, 2.75) is 60.1 Å². The maximum Gasteiger partial charge on any atom is 0.251 e. The van der Waals surface area contributed by atoms with Gasteiger partial charge in [0.05, 0.1) is 39.9 Å². The first-order chi connectivity index (χ1) is 21.6. The van der Waals surface area contributed by atoms with Gasteiger partial charge in [-0.1, -0.05) is 102 Å². The zero-order valence-corrected chi connectivity index (χ0v) is 28.9. The topological polar surface area (TPSA) is 81.2 Å². The van der Waals surface area contributed by atoms with Gasteiger partial charge in [-0.05, 0) is 30.0 Å². The van der Waals surface area contributed by atoms with Crippen molar-refractivity contribution in [3.8, 4) is 0 Å². The summed E-state index contributed by atoms with van der Waals surface area (Å²) >= 11 is 12.1. The molecule has 0 radical (unpaired) electrons. The van der Waals surface area contributed by atoms with E-state index in [0.29, 0.717) is 36.6 Å². The lowest BCUT2D eigenvalue weighted by atomic mass is 9.70. The van der Waals surface area contributed by atoms with Gasteiger partial charge in [-0.15, -0.1) is 24.9 Å². The van der Waals surface area contributed by atoms with Crippen LogP contribution in [0.3, 0.4) is 0 Å². The highest BCUT2D eigenvalue weighted by molar-refractivity contribution is 9.09. The Morgan fingerprint density at radius 1 is 1.13 bits per heavy atom. The van der Waals surface area contributed by atoms with Crippen LogP contribution in [0.4, 0.5) is 5.69 Å². The SMILES string of the molecule is C=CCN(Cc1ccccc1)C(=O)[C@H]1[C@H]2C(=O)N([C@@H](CO)[C@@H](C)CC)C(C(=O)N(CC=C)c3ccccc3Cl)C23CC(Br)[C@@H]1S3. The van der Waals surface area contributed by atoms with Gasteiger partial charge < -0.3 is 19.8 Å². The largest absolute Gasteiger partial charge is 0.394 e. The molecule has 5 rings (SSSR count).